The molecule has 20 heavy (non-hydrogen) atoms. The van der Waals surface area contributed by atoms with Gasteiger partial charge in [-0.3, -0.25) is 0 Å². The molecule has 0 saturated carbocycles. The normalized spacial score (nSPS) is 11.1. The molecule has 0 spiro atoms. The van der Waals surface area contributed by atoms with Gasteiger partial charge < -0.3 is 4.74 Å². The number of carbonyl (C=O) groups excluding carboxylic acids is 1. The molecule has 0 unspecified atom stereocenters. The molecule has 0 atom stereocenters. The first-order valence-corrected chi connectivity index (χ1v) is 7.35. The predicted molar refractivity (Wildman–Crippen MR) is 73.4 cm³/mol. The first-order chi connectivity index (χ1) is 9.47. The van der Waals surface area contributed by atoms with Gasteiger partial charge in [-0.25, -0.2) is 18.4 Å². The molecule has 0 heterocycles. The van der Waals surface area contributed by atoms with Gasteiger partial charge in [0.1, 0.15) is 6.61 Å². The van der Waals surface area contributed by atoms with Crippen LogP contribution in [0.2, 0.25) is 0 Å². The molecule has 0 aromatic heterocycles. The van der Waals surface area contributed by atoms with Crippen LogP contribution in [-0.4, -0.2) is 14.4 Å². The Morgan fingerprint density at radius 2 is 1.60 bits per heavy atom. The van der Waals surface area contributed by atoms with E-state index in [1.54, 1.807) is 0 Å². The minimum atomic E-state index is -3.75. The number of nitrogens with two attached hydrogens (primary N) is 1. The molecule has 0 aliphatic carbocycles. The van der Waals surface area contributed by atoms with E-state index < -0.39 is 16.0 Å². The summed E-state index contributed by atoms with van der Waals surface area (Å²) in [6, 6.07) is 14.5. The summed E-state index contributed by atoms with van der Waals surface area (Å²) in [5.41, 5.74) is 1.15. The fourth-order valence-electron chi connectivity index (χ4n) is 1.59. The van der Waals surface area contributed by atoms with Crippen LogP contribution in [0, 0.1) is 0 Å². The molecule has 2 aromatic carbocycles. The molecule has 2 aromatic rings. The third-order valence-electron chi connectivity index (χ3n) is 2.63. The Hall–Kier alpha value is -2.18. The summed E-state index contributed by atoms with van der Waals surface area (Å²) in [6.07, 6.45) is 0. The van der Waals surface area contributed by atoms with E-state index in [1.165, 1.54) is 24.3 Å². The van der Waals surface area contributed by atoms with Gasteiger partial charge in [0.15, 0.2) is 0 Å². The van der Waals surface area contributed by atoms with E-state index in [2.05, 4.69) is 0 Å². The number of carbonyl (C=O) groups is 1. The molecular weight excluding hydrogens is 278 g/mol. The van der Waals surface area contributed by atoms with Gasteiger partial charge in [0.05, 0.1) is 10.5 Å². The Kier molecular flexibility index (Phi) is 4.16. The Bertz CT molecular complexity index is 694. The third-order valence-corrected chi connectivity index (χ3v) is 3.56. The standard InChI is InChI=1S/C14H13NO4S/c15-20(17,18)13-8-6-12(7-9-13)14(16)19-10-11-4-2-1-3-5-11/h1-9H,10H2,(H2,15,17,18). The van der Waals surface area contributed by atoms with Crippen LogP contribution >= 0.6 is 0 Å². The zero-order valence-corrected chi connectivity index (χ0v) is 11.3. The van der Waals surface area contributed by atoms with Crippen molar-refractivity contribution in [2.24, 2.45) is 5.14 Å². The monoisotopic (exact) mass is 291 g/mol. The first-order valence-electron chi connectivity index (χ1n) is 5.81. The second kappa shape index (κ2) is 5.85. The summed E-state index contributed by atoms with van der Waals surface area (Å²) in [5, 5.41) is 4.97. The average molecular weight is 291 g/mol. The van der Waals surface area contributed by atoms with Gasteiger partial charge in [-0.15, -0.1) is 0 Å². The lowest BCUT2D eigenvalue weighted by atomic mass is 10.2. The SMILES string of the molecule is NS(=O)(=O)c1ccc(C(=O)OCc2ccccc2)cc1. The first kappa shape index (κ1) is 14.2. The predicted octanol–water partition coefficient (Wildman–Crippen LogP) is 1.69. The largest absolute Gasteiger partial charge is 0.457 e. The highest BCUT2D eigenvalue weighted by atomic mass is 32.2. The topological polar surface area (TPSA) is 86.5 Å². The maximum Gasteiger partial charge on any atom is 0.338 e. The number of benzene rings is 2. The van der Waals surface area contributed by atoms with Crippen molar-refractivity contribution in [3.05, 3.63) is 65.7 Å². The highest BCUT2D eigenvalue weighted by molar-refractivity contribution is 7.89. The molecular formula is C14H13NO4S. The van der Waals surface area contributed by atoms with Crippen molar-refractivity contribution >= 4 is 16.0 Å². The Morgan fingerprint density at radius 1 is 1.00 bits per heavy atom. The van der Waals surface area contributed by atoms with Crippen molar-refractivity contribution in [1.82, 2.24) is 0 Å². The second-order valence-electron chi connectivity index (χ2n) is 4.13. The lowest BCUT2D eigenvalue weighted by Gasteiger charge is -2.05. The van der Waals surface area contributed by atoms with E-state index in [9.17, 15) is 13.2 Å². The van der Waals surface area contributed by atoms with Crippen molar-refractivity contribution < 1.29 is 17.9 Å². The smallest absolute Gasteiger partial charge is 0.338 e. The van der Waals surface area contributed by atoms with Gasteiger partial charge in [0.25, 0.3) is 0 Å². The second-order valence-corrected chi connectivity index (χ2v) is 5.69. The number of esters is 1. The minimum absolute atomic E-state index is 0.0443. The molecule has 2 rings (SSSR count). The Balaban J connectivity index is 2.03. The van der Waals surface area contributed by atoms with E-state index in [0.717, 1.165) is 5.56 Å². The number of rotatable bonds is 4. The van der Waals surface area contributed by atoms with Crippen LogP contribution in [0.3, 0.4) is 0 Å². The van der Waals surface area contributed by atoms with E-state index >= 15 is 0 Å². The molecule has 6 heteroatoms. The van der Waals surface area contributed by atoms with Crippen LogP contribution in [0.15, 0.2) is 59.5 Å². The number of sulfonamides is 1. The summed E-state index contributed by atoms with van der Waals surface area (Å²) >= 11 is 0. The molecule has 5 nitrogen and oxygen atoms in total. The maximum absolute atomic E-state index is 11.8. The van der Waals surface area contributed by atoms with Crippen molar-refractivity contribution in [3.63, 3.8) is 0 Å². The number of ether oxygens (including phenoxy) is 1. The van der Waals surface area contributed by atoms with E-state index in [4.69, 9.17) is 9.88 Å². The Labute approximate surface area is 117 Å². The van der Waals surface area contributed by atoms with Gasteiger partial charge >= 0.3 is 5.97 Å². The molecule has 0 aliphatic heterocycles. The van der Waals surface area contributed by atoms with E-state index in [-0.39, 0.29) is 17.1 Å². The highest BCUT2D eigenvalue weighted by Gasteiger charge is 2.11. The maximum atomic E-state index is 11.8. The van der Waals surface area contributed by atoms with Crippen LogP contribution in [0.25, 0.3) is 0 Å². The average Bonchev–Trinajstić information content (AvgIpc) is 2.45. The number of hydrogen-bond donors (Lipinski definition) is 1. The molecule has 0 saturated heterocycles. The van der Waals surface area contributed by atoms with Gasteiger partial charge in [-0.05, 0) is 29.8 Å². The van der Waals surface area contributed by atoms with Crippen LogP contribution in [0.5, 0.6) is 0 Å². The fraction of sp³-hybridized carbons (Fsp3) is 0.0714. The van der Waals surface area contributed by atoms with Crippen molar-refractivity contribution in [2.75, 3.05) is 0 Å². The van der Waals surface area contributed by atoms with Crippen LogP contribution in [-0.2, 0) is 21.4 Å². The molecule has 0 amide bonds. The molecule has 0 radical (unpaired) electrons. The summed E-state index contributed by atoms with van der Waals surface area (Å²) < 4.78 is 27.3. The lowest BCUT2D eigenvalue weighted by molar-refractivity contribution is 0.0472. The zero-order valence-electron chi connectivity index (χ0n) is 10.5. The molecule has 104 valence electrons. The van der Waals surface area contributed by atoms with Crippen LogP contribution < -0.4 is 5.14 Å². The van der Waals surface area contributed by atoms with Crippen molar-refractivity contribution in [2.45, 2.75) is 11.5 Å². The van der Waals surface area contributed by atoms with Gasteiger partial charge in [0.2, 0.25) is 10.0 Å². The number of hydrogen-bond acceptors (Lipinski definition) is 4. The van der Waals surface area contributed by atoms with Crippen molar-refractivity contribution in [1.29, 1.82) is 0 Å². The van der Waals surface area contributed by atoms with Gasteiger partial charge in [-0.2, -0.15) is 0 Å². The highest BCUT2D eigenvalue weighted by Crippen LogP contribution is 2.11. The van der Waals surface area contributed by atoms with E-state index in [0.29, 0.717) is 0 Å². The van der Waals surface area contributed by atoms with Crippen LogP contribution in [0.4, 0.5) is 0 Å². The summed E-state index contributed by atoms with van der Waals surface area (Å²) in [4.78, 5) is 11.7. The Morgan fingerprint density at radius 3 is 2.15 bits per heavy atom. The molecule has 0 bridgehead atoms. The van der Waals surface area contributed by atoms with Gasteiger partial charge in [-0.1, -0.05) is 30.3 Å². The minimum Gasteiger partial charge on any atom is -0.457 e. The fourth-order valence-corrected chi connectivity index (χ4v) is 2.10. The van der Waals surface area contributed by atoms with E-state index in [1.807, 2.05) is 30.3 Å². The van der Waals surface area contributed by atoms with Crippen molar-refractivity contribution in [3.8, 4) is 0 Å². The molecule has 0 fully saturated rings. The summed E-state index contributed by atoms with van der Waals surface area (Å²) in [6.45, 7) is 0.163. The van der Waals surface area contributed by atoms with Crippen LogP contribution in [0.1, 0.15) is 15.9 Å². The van der Waals surface area contributed by atoms with Gasteiger partial charge in [0, 0.05) is 0 Å². The third kappa shape index (κ3) is 3.66. The molecule has 0 aliphatic rings. The summed E-state index contributed by atoms with van der Waals surface area (Å²) in [5.74, 6) is -0.519. The lowest BCUT2D eigenvalue weighted by Crippen LogP contribution is -2.12. The molecule has 2 N–H and O–H groups in total. The summed E-state index contributed by atoms with van der Waals surface area (Å²) in [7, 11) is -3.75. The zero-order chi connectivity index (χ0) is 14.6. The number of primary sulfonamides is 1. The quantitative estimate of drug-likeness (QED) is 0.868.